The molecule has 0 spiro atoms. The molecule has 0 radical (unpaired) electrons. The minimum atomic E-state index is 0. The van der Waals surface area contributed by atoms with Gasteiger partial charge in [0.15, 0.2) is 0 Å². The second kappa shape index (κ2) is 7.51. The van der Waals surface area contributed by atoms with Crippen LogP contribution in [-0.2, 0) is 25.2 Å². The van der Waals surface area contributed by atoms with E-state index in [0.717, 1.165) is 38.0 Å². The van der Waals surface area contributed by atoms with E-state index in [0.29, 0.717) is 5.92 Å². The molecule has 114 valence electrons. The molecular formula is C15H23N3OPd. The summed E-state index contributed by atoms with van der Waals surface area (Å²) in [6, 6.07) is 2.85. The Morgan fingerprint density at radius 2 is 1.80 bits per heavy atom. The number of pyridine rings is 1. The predicted molar refractivity (Wildman–Crippen MR) is 76.0 cm³/mol. The van der Waals surface area contributed by atoms with Crippen LogP contribution in [-0.4, -0.2) is 42.2 Å². The SMILES string of the molecule is Nc1cncc([C@H]2CC[C@H](N3CCOCC3)CC2)c1.[Pd]. The fourth-order valence-corrected chi connectivity index (χ4v) is 3.42. The zero-order chi connectivity index (χ0) is 13.1. The van der Waals surface area contributed by atoms with Gasteiger partial charge in [-0.1, -0.05) is 0 Å². The smallest absolute Gasteiger partial charge is 0.0594 e. The van der Waals surface area contributed by atoms with Gasteiger partial charge in [-0.05, 0) is 43.2 Å². The van der Waals surface area contributed by atoms with Gasteiger partial charge >= 0.3 is 0 Å². The van der Waals surface area contributed by atoms with E-state index in [1.807, 2.05) is 6.20 Å². The Morgan fingerprint density at radius 3 is 2.45 bits per heavy atom. The van der Waals surface area contributed by atoms with Crippen LogP contribution in [0.4, 0.5) is 5.69 Å². The predicted octanol–water partition coefficient (Wildman–Crippen LogP) is 2.02. The Labute approximate surface area is 134 Å². The van der Waals surface area contributed by atoms with Gasteiger partial charge < -0.3 is 10.5 Å². The van der Waals surface area contributed by atoms with Crippen molar-refractivity contribution in [1.29, 1.82) is 0 Å². The number of rotatable bonds is 2. The number of nitrogen functional groups attached to an aromatic ring is 1. The number of aromatic nitrogens is 1. The van der Waals surface area contributed by atoms with E-state index in [1.54, 1.807) is 6.20 Å². The molecule has 1 aromatic rings. The van der Waals surface area contributed by atoms with E-state index in [9.17, 15) is 0 Å². The summed E-state index contributed by atoms with van der Waals surface area (Å²) in [4.78, 5) is 6.82. The molecule has 0 aromatic carbocycles. The Balaban J connectivity index is 0.00000147. The molecule has 2 heterocycles. The second-order valence-corrected chi connectivity index (χ2v) is 5.71. The van der Waals surface area contributed by atoms with Gasteiger partial charge in [-0.25, -0.2) is 0 Å². The Bertz CT molecular complexity index is 415. The van der Waals surface area contributed by atoms with Crippen molar-refractivity contribution in [3.8, 4) is 0 Å². The van der Waals surface area contributed by atoms with Crippen LogP contribution in [0.5, 0.6) is 0 Å². The fourth-order valence-electron chi connectivity index (χ4n) is 3.42. The molecule has 4 nitrogen and oxygen atoms in total. The number of hydrogen-bond donors (Lipinski definition) is 1. The first-order chi connectivity index (χ1) is 9.33. The van der Waals surface area contributed by atoms with Crippen molar-refractivity contribution in [3.05, 3.63) is 24.0 Å². The molecule has 1 saturated carbocycles. The number of ether oxygens (including phenoxy) is 1. The molecule has 1 aliphatic carbocycles. The van der Waals surface area contributed by atoms with Crippen LogP contribution in [0.1, 0.15) is 37.2 Å². The van der Waals surface area contributed by atoms with Crippen LogP contribution in [0.3, 0.4) is 0 Å². The number of anilines is 1. The minimum Gasteiger partial charge on any atom is -0.397 e. The maximum Gasteiger partial charge on any atom is 0.0594 e. The summed E-state index contributed by atoms with van der Waals surface area (Å²) in [5.74, 6) is 0.647. The van der Waals surface area contributed by atoms with Crippen LogP contribution in [0.2, 0.25) is 0 Å². The quantitative estimate of drug-likeness (QED) is 0.813. The van der Waals surface area contributed by atoms with Crippen molar-refractivity contribution in [2.75, 3.05) is 32.0 Å². The molecular weight excluding hydrogens is 345 g/mol. The van der Waals surface area contributed by atoms with Crippen LogP contribution in [0, 0.1) is 0 Å². The Hall–Kier alpha value is -0.468. The van der Waals surface area contributed by atoms with E-state index in [4.69, 9.17) is 10.5 Å². The Morgan fingerprint density at radius 1 is 1.10 bits per heavy atom. The van der Waals surface area contributed by atoms with Gasteiger partial charge in [-0.15, -0.1) is 0 Å². The zero-order valence-corrected chi connectivity index (χ0v) is 13.3. The molecule has 0 atom stereocenters. The topological polar surface area (TPSA) is 51.4 Å². The molecule has 2 aliphatic rings. The zero-order valence-electron chi connectivity index (χ0n) is 11.7. The molecule has 0 amide bonds. The third-order valence-corrected chi connectivity index (χ3v) is 4.51. The third-order valence-electron chi connectivity index (χ3n) is 4.51. The largest absolute Gasteiger partial charge is 0.397 e. The first-order valence-corrected chi connectivity index (χ1v) is 7.35. The number of hydrogen-bond acceptors (Lipinski definition) is 4. The third kappa shape index (κ3) is 3.80. The number of nitrogens with zero attached hydrogens (tertiary/aromatic N) is 2. The van der Waals surface area contributed by atoms with Crippen molar-refractivity contribution in [1.82, 2.24) is 9.88 Å². The van der Waals surface area contributed by atoms with Gasteiger partial charge in [0.25, 0.3) is 0 Å². The summed E-state index contributed by atoms with van der Waals surface area (Å²) < 4.78 is 5.43. The Kier molecular flexibility index (Phi) is 5.98. The standard InChI is InChI=1S/C15H23N3O.Pd/c16-14-9-13(10-17-11-14)12-1-3-15(4-2-12)18-5-7-19-8-6-18;/h9-12,15H,1-8,16H2;/t12-,15-;. The summed E-state index contributed by atoms with van der Waals surface area (Å²) >= 11 is 0. The van der Waals surface area contributed by atoms with E-state index in [2.05, 4.69) is 16.0 Å². The average molecular weight is 368 g/mol. The van der Waals surface area contributed by atoms with Crippen molar-refractivity contribution >= 4 is 5.69 Å². The summed E-state index contributed by atoms with van der Waals surface area (Å²) in [6.07, 6.45) is 8.80. The van der Waals surface area contributed by atoms with Crippen molar-refractivity contribution in [3.63, 3.8) is 0 Å². The summed E-state index contributed by atoms with van der Waals surface area (Å²) in [6.45, 7) is 4.02. The minimum absolute atomic E-state index is 0. The van der Waals surface area contributed by atoms with Crippen molar-refractivity contribution in [2.45, 2.75) is 37.6 Å². The maximum absolute atomic E-state index is 5.82. The van der Waals surface area contributed by atoms with Gasteiger partial charge in [0.2, 0.25) is 0 Å². The molecule has 0 bridgehead atoms. The van der Waals surface area contributed by atoms with Gasteiger partial charge in [-0.3, -0.25) is 9.88 Å². The molecule has 2 fully saturated rings. The van der Waals surface area contributed by atoms with Crippen LogP contribution in [0.25, 0.3) is 0 Å². The van der Waals surface area contributed by atoms with Crippen molar-refractivity contribution in [2.24, 2.45) is 0 Å². The average Bonchev–Trinajstić information content (AvgIpc) is 2.48. The van der Waals surface area contributed by atoms with E-state index < -0.39 is 0 Å². The molecule has 20 heavy (non-hydrogen) atoms. The molecule has 5 heteroatoms. The van der Waals surface area contributed by atoms with Crippen LogP contribution < -0.4 is 5.73 Å². The molecule has 0 unspecified atom stereocenters. The van der Waals surface area contributed by atoms with Crippen molar-refractivity contribution < 1.29 is 25.2 Å². The van der Waals surface area contributed by atoms with Gasteiger partial charge in [0, 0.05) is 51.9 Å². The van der Waals surface area contributed by atoms with Crippen LogP contribution in [0.15, 0.2) is 18.5 Å². The maximum atomic E-state index is 5.82. The molecule has 1 saturated heterocycles. The number of morpholine rings is 1. The number of nitrogens with two attached hydrogens (primary N) is 1. The van der Waals surface area contributed by atoms with Gasteiger partial charge in [-0.2, -0.15) is 0 Å². The summed E-state index contributed by atoms with van der Waals surface area (Å²) in [7, 11) is 0. The van der Waals surface area contributed by atoms with E-state index in [1.165, 1.54) is 31.2 Å². The van der Waals surface area contributed by atoms with E-state index in [-0.39, 0.29) is 20.4 Å². The molecule has 2 N–H and O–H groups in total. The fraction of sp³-hybridized carbons (Fsp3) is 0.667. The van der Waals surface area contributed by atoms with Gasteiger partial charge in [0.05, 0.1) is 18.9 Å². The summed E-state index contributed by atoms with van der Waals surface area (Å²) in [5.41, 5.74) is 7.93. The van der Waals surface area contributed by atoms with Gasteiger partial charge in [0.1, 0.15) is 0 Å². The monoisotopic (exact) mass is 367 g/mol. The second-order valence-electron chi connectivity index (χ2n) is 5.71. The van der Waals surface area contributed by atoms with Crippen LogP contribution >= 0.6 is 0 Å². The normalized spacial score (nSPS) is 27.8. The molecule has 3 rings (SSSR count). The molecule has 1 aliphatic heterocycles. The summed E-state index contributed by atoms with van der Waals surface area (Å²) in [5, 5.41) is 0. The molecule has 1 aromatic heterocycles. The van der Waals surface area contributed by atoms with E-state index >= 15 is 0 Å². The first kappa shape index (κ1) is 15.9. The first-order valence-electron chi connectivity index (χ1n) is 7.35.